The topological polar surface area (TPSA) is 74.8 Å². The summed E-state index contributed by atoms with van der Waals surface area (Å²) < 4.78 is 5.52. The summed E-state index contributed by atoms with van der Waals surface area (Å²) in [6.07, 6.45) is 4.07. The first-order valence-corrected chi connectivity index (χ1v) is 9.08. The van der Waals surface area contributed by atoms with Crippen molar-refractivity contribution in [3.63, 3.8) is 0 Å². The Morgan fingerprint density at radius 1 is 1.24 bits per heavy atom. The number of carbonyl (C=O) groups is 2. The number of hydrogen-bond donors (Lipinski definition) is 1. The molecule has 0 saturated carbocycles. The number of pyridine rings is 1. The molecule has 0 spiro atoms. The summed E-state index contributed by atoms with van der Waals surface area (Å²) in [5.74, 6) is 0.865. The minimum absolute atomic E-state index is 0.106. The van der Waals surface area contributed by atoms with Crippen LogP contribution in [0.1, 0.15) is 36.5 Å². The van der Waals surface area contributed by atoms with Gasteiger partial charge in [-0.1, -0.05) is 0 Å². The highest BCUT2D eigenvalue weighted by Crippen LogP contribution is 2.18. The minimum Gasteiger partial charge on any atom is -0.368 e. The van der Waals surface area contributed by atoms with Crippen molar-refractivity contribution in [1.29, 1.82) is 0 Å². The summed E-state index contributed by atoms with van der Waals surface area (Å²) in [6, 6.07) is 3.68. The van der Waals surface area contributed by atoms with Gasteiger partial charge in [-0.05, 0) is 38.3 Å². The molecule has 136 valence electrons. The van der Waals surface area contributed by atoms with Crippen LogP contribution in [-0.2, 0) is 9.53 Å². The Labute approximate surface area is 148 Å². The van der Waals surface area contributed by atoms with Gasteiger partial charge in [0.05, 0.1) is 5.56 Å². The van der Waals surface area contributed by atoms with Crippen molar-refractivity contribution in [3.8, 4) is 0 Å². The fraction of sp³-hybridized carbons (Fsp3) is 0.611. The number of nitrogens with zero attached hydrogens (tertiary/aromatic N) is 3. The van der Waals surface area contributed by atoms with E-state index in [9.17, 15) is 9.59 Å². The lowest BCUT2D eigenvalue weighted by Crippen LogP contribution is -2.41. The Bertz CT molecular complexity index is 599. The van der Waals surface area contributed by atoms with Crippen molar-refractivity contribution in [3.05, 3.63) is 23.9 Å². The molecule has 3 rings (SSSR count). The lowest BCUT2D eigenvalue weighted by atomic mass is 10.2. The van der Waals surface area contributed by atoms with Crippen molar-refractivity contribution in [2.75, 3.05) is 44.2 Å². The molecule has 3 heterocycles. The molecule has 7 nitrogen and oxygen atoms in total. The average Bonchev–Trinajstić information content (AvgIpc) is 3.06. The Hall–Kier alpha value is -2.15. The number of rotatable bonds is 4. The van der Waals surface area contributed by atoms with Gasteiger partial charge in [-0.3, -0.25) is 9.59 Å². The first-order chi connectivity index (χ1) is 12.2. The van der Waals surface area contributed by atoms with Crippen LogP contribution in [0, 0.1) is 0 Å². The second kappa shape index (κ2) is 8.29. The van der Waals surface area contributed by atoms with Crippen LogP contribution in [0.5, 0.6) is 0 Å². The molecule has 2 aliphatic rings. The van der Waals surface area contributed by atoms with Crippen LogP contribution in [0.15, 0.2) is 18.3 Å². The molecule has 2 saturated heterocycles. The molecule has 2 aliphatic heterocycles. The quantitative estimate of drug-likeness (QED) is 0.882. The number of nitrogens with one attached hydrogen (secondary N) is 1. The van der Waals surface area contributed by atoms with E-state index in [0.717, 1.165) is 44.7 Å². The van der Waals surface area contributed by atoms with E-state index in [1.165, 1.54) is 0 Å². The molecule has 1 aromatic rings. The molecular weight excluding hydrogens is 320 g/mol. The van der Waals surface area contributed by atoms with Gasteiger partial charge in [0.15, 0.2) is 0 Å². The van der Waals surface area contributed by atoms with Gasteiger partial charge in [0.2, 0.25) is 0 Å². The summed E-state index contributed by atoms with van der Waals surface area (Å²) in [4.78, 5) is 32.8. The Balaban J connectivity index is 1.59. The first kappa shape index (κ1) is 17.7. The first-order valence-electron chi connectivity index (χ1n) is 9.08. The fourth-order valence-corrected chi connectivity index (χ4v) is 3.31. The number of amides is 2. The monoisotopic (exact) mass is 346 g/mol. The highest BCUT2D eigenvalue weighted by molar-refractivity contribution is 5.94. The molecule has 2 fully saturated rings. The lowest BCUT2D eigenvalue weighted by Gasteiger charge is -2.24. The van der Waals surface area contributed by atoms with Gasteiger partial charge >= 0.3 is 0 Å². The van der Waals surface area contributed by atoms with E-state index in [1.807, 2.05) is 17.9 Å². The van der Waals surface area contributed by atoms with Crippen molar-refractivity contribution >= 4 is 17.6 Å². The summed E-state index contributed by atoms with van der Waals surface area (Å²) >= 11 is 0. The standard InChI is InChI=1S/C18H26N4O3/c1-2-19-17(23)14-6-7-16(20-13-14)21-8-4-9-22(11-10-21)18(24)15-5-3-12-25-15/h6-7,13,15H,2-5,8-12H2,1H3,(H,19,23). The summed E-state index contributed by atoms with van der Waals surface area (Å²) in [5, 5.41) is 2.77. The van der Waals surface area contributed by atoms with E-state index < -0.39 is 0 Å². The summed E-state index contributed by atoms with van der Waals surface area (Å²) in [6.45, 7) is 6.21. The molecule has 2 amide bonds. The average molecular weight is 346 g/mol. The normalized spacial score (nSPS) is 21.1. The Morgan fingerprint density at radius 2 is 2.12 bits per heavy atom. The van der Waals surface area contributed by atoms with E-state index in [0.29, 0.717) is 25.3 Å². The van der Waals surface area contributed by atoms with Gasteiger partial charge in [-0.25, -0.2) is 4.98 Å². The molecule has 1 atom stereocenters. The third-order valence-corrected chi connectivity index (χ3v) is 4.68. The maximum Gasteiger partial charge on any atom is 0.252 e. The molecule has 25 heavy (non-hydrogen) atoms. The minimum atomic E-state index is -0.249. The number of ether oxygens (including phenoxy) is 1. The van der Waals surface area contributed by atoms with Gasteiger partial charge in [0, 0.05) is 45.5 Å². The fourth-order valence-electron chi connectivity index (χ4n) is 3.31. The number of anilines is 1. The summed E-state index contributed by atoms with van der Waals surface area (Å²) in [7, 11) is 0. The zero-order valence-electron chi connectivity index (χ0n) is 14.7. The molecule has 0 bridgehead atoms. The van der Waals surface area contributed by atoms with E-state index in [2.05, 4.69) is 15.2 Å². The van der Waals surface area contributed by atoms with E-state index in [4.69, 9.17) is 4.74 Å². The predicted molar refractivity (Wildman–Crippen MR) is 94.6 cm³/mol. The van der Waals surface area contributed by atoms with Gasteiger partial charge in [0.25, 0.3) is 11.8 Å². The molecule has 7 heteroatoms. The second-order valence-electron chi connectivity index (χ2n) is 6.43. The Morgan fingerprint density at radius 3 is 2.80 bits per heavy atom. The predicted octanol–water partition coefficient (Wildman–Crippen LogP) is 1.05. The lowest BCUT2D eigenvalue weighted by molar-refractivity contribution is -0.140. The van der Waals surface area contributed by atoms with Gasteiger partial charge in [-0.15, -0.1) is 0 Å². The van der Waals surface area contributed by atoms with Crippen LogP contribution in [0.25, 0.3) is 0 Å². The highest BCUT2D eigenvalue weighted by atomic mass is 16.5. The number of hydrogen-bond acceptors (Lipinski definition) is 5. The number of carbonyl (C=O) groups excluding carboxylic acids is 2. The molecule has 0 aliphatic carbocycles. The molecule has 1 unspecified atom stereocenters. The number of aromatic nitrogens is 1. The van der Waals surface area contributed by atoms with Crippen LogP contribution in [-0.4, -0.2) is 67.1 Å². The third-order valence-electron chi connectivity index (χ3n) is 4.68. The van der Waals surface area contributed by atoms with Crippen LogP contribution in [0.4, 0.5) is 5.82 Å². The third kappa shape index (κ3) is 4.28. The highest BCUT2D eigenvalue weighted by Gasteiger charge is 2.29. The van der Waals surface area contributed by atoms with Crippen molar-refractivity contribution in [1.82, 2.24) is 15.2 Å². The van der Waals surface area contributed by atoms with Crippen molar-refractivity contribution in [2.45, 2.75) is 32.3 Å². The molecule has 1 aromatic heterocycles. The largest absolute Gasteiger partial charge is 0.368 e. The smallest absolute Gasteiger partial charge is 0.252 e. The second-order valence-corrected chi connectivity index (χ2v) is 6.43. The molecule has 1 N–H and O–H groups in total. The van der Waals surface area contributed by atoms with Gasteiger partial charge < -0.3 is 19.9 Å². The maximum absolute atomic E-state index is 12.5. The molecule has 0 radical (unpaired) electrons. The summed E-state index contributed by atoms with van der Waals surface area (Å²) in [5.41, 5.74) is 0.565. The van der Waals surface area contributed by atoms with E-state index >= 15 is 0 Å². The van der Waals surface area contributed by atoms with Crippen LogP contribution >= 0.6 is 0 Å². The van der Waals surface area contributed by atoms with E-state index in [1.54, 1.807) is 12.3 Å². The Kier molecular flexibility index (Phi) is 5.86. The SMILES string of the molecule is CCNC(=O)c1ccc(N2CCCN(C(=O)C3CCCO3)CC2)nc1. The van der Waals surface area contributed by atoms with E-state index in [-0.39, 0.29) is 17.9 Å². The van der Waals surface area contributed by atoms with Gasteiger partial charge in [0.1, 0.15) is 11.9 Å². The zero-order chi connectivity index (χ0) is 17.6. The van der Waals surface area contributed by atoms with Crippen LogP contribution < -0.4 is 10.2 Å². The maximum atomic E-state index is 12.5. The van der Waals surface area contributed by atoms with Gasteiger partial charge in [-0.2, -0.15) is 0 Å². The molecule has 0 aromatic carbocycles. The van der Waals surface area contributed by atoms with Crippen LogP contribution in [0.3, 0.4) is 0 Å². The zero-order valence-corrected chi connectivity index (χ0v) is 14.7. The van der Waals surface area contributed by atoms with Crippen molar-refractivity contribution < 1.29 is 14.3 Å². The van der Waals surface area contributed by atoms with Crippen LogP contribution in [0.2, 0.25) is 0 Å². The molecular formula is C18H26N4O3. The van der Waals surface area contributed by atoms with Crippen molar-refractivity contribution in [2.24, 2.45) is 0 Å².